The Morgan fingerprint density at radius 1 is 1.55 bits per heavy atom. The minimum absolute atomic E-state index is 0.114. The fourth-order valence-electron chi connectivity index (χ4n) is 2.10. The molecule has 1 N–H and O–H groups in total. The first-order chi connectivity index (χ1) is 9.54. The summed E-state index contributed by atoms with van der Waals surface area (Å²) in [4.78, 5) is 23.3. The molecule has 2 rings (SSSR count). The molecule has 1 saturated carbocycles. The topological polar surface area (TPSA) is 107 Å². The van der Waals surface area contributed by atoms with Crippen molar-refractivity contribution in [1.29, 1.82) is 5.26 Å². The van der Waals surface area contributed by atoms with Gasteiger partial charge >= 0.3 is 5.97 Å². The van der Waals surface area contributed by atoms with E-state index in [9.17, 15) is 14.9 Å². The molecule has 20 heavy (non-hydrogen) atoms. The molecule has 0 saturated heterocycles. The van der Waals surface area contributed by atoms with Gasteiger partial charge in [-0.05, 0) is 25.0 Å². The molecule has 0 radical (unpaired) electrons. The number of carboxylic acid groups (broad SMARTS) is 1. The van der Waals surface area contributed by atoms with Gasteiger partial charge in [0.1, 0.15) is 5.69 Å². The van der Waals surface area contributed by atoms with Gasteiger partial charge in [-0.1, -0.05) is 0 Å². The van der Waals surface area contributed by atoms with Crippen LogP contribution in [0.15, 0.2) is 18.2 Å². The molecule has 0 bridgehead atoms. The Bertz CT molecular complexity index is 590. The number of nitriles is 1. The van der Waals surface area contributed by atoms with Crippen molar-refractivity contribution in [2.24, 2.45) is 0 Å². The third kappa shape index (κ3) is 2.85. The van der Waals surface area contributed by atoms with Crippen molar-refractivity contribution in [1.82, 2.24) is 0 Å². The molecule has 0 amide bonds. The van der Waals surface area contributed by atoms with Gasteiger partial charge in [0, 0.05) is 18.7 Å². The van der Waals surface area contributed by atoms with Gasteiger partial charge in [-0.25, -0.2) is 4.79 Å². The fraction of sp³-hybridized carbons (Fsp3) is 0.385. The number of carboxylic acids is 1. The van der Waals surface area contributed by atoms with E-state index in [0.717, 1.165) is 18.9 Å². The minimum Gasteiger partial charge on any atom is -0.478 e. The van der Waals surface area contributed by atoms with Crippen LogP contribution in [0.4, 0.5) is 11.4 Å². The second-order valence-corrected chi connectivity index (χ2v) is 4.60. The maximum atomic E-state index is 11.1. The predicted molar refractivity (Wildman–Crippen MR) is 70.7 cm³/mol. The van der Waals surface area contributed by atoms with E-state index in [1.165, 1.54) is 12.1 Å². The molecule has 0 atom stereocenters. The lowest BCUT2D eigenvalue weighted by Crippen LogP contribution is -2.27. The monoisotopic (exact) mass is 275 g/mol. The van der Waals surface area contributed by atoms with Crippen LogP contribution in [-0.4, -0.2) is 28.6 Å². The van der Waals surface area contributed by atoms with E-state index in [1.807, 2.05) is 11.0 Å². The summed E-state index contributed by atoms with van der Waals surface area (Å²) in [5.74, 6) is -1.20. The normalized spacial score (nSPS) is 13.6. The lowest BCUT2D eigenvalue weighted by Gasteiger charge is -2.23. The van der Waals surface area contributed by atoms with E-state index in [0.29, 0.717) is 12.2 Å². The number of rotatable bonds is 6. The Kier molecular flexibility index (Phi) is 3.84. The van der Waals surface area contributed by atoms with Gasteiger partial charge in [0.25, 0.3) is 5.69 Å². The van der Waals surface area contributed by atoms with Crippen LogP contribution in [0.5, 0.6) is 0 Å². The molecule has 0 unspecified atom stereocenters. The molecule has 1 aromatic rings. The van der Waals surface area contributed by atoms with Crippen molar-refractivity contribution in [2.75, 3.05) is 11.4 Å². The second kappa shape index (κ2) is 5.57. The van der Waals surface area contributed by atoms with Crippen LogP contribution in [0.3, 0.4) is 0 Å². The van der Waals surface area contributed by atoms with E-state index in [1.54, 1.807) is 0 Å². The van der Waals surface area contributed by atoms with Crippen molar-refractivity contribution in [3.05, 3.63) is 33.9 Å². The van der Waals surface area contributed by atoms with Crippen LogP contribution in [0, 0.1) is 21.4 Å². The van der Waals surface area contributed by atoms with Gasteiger partial charge < -0.3 is 10.0 Å². The van der Waals surface area contributed by atoms with Crippen LogP contribution in [0.2, 0.25) is 0 Å². The molecule has 104 valence electrons. The SMILES string of the molecule is N#CCCN(c1ccc(C(=O)O)cc1[N+](=O)[O-])C1CC1. The zero-order valence-electron chi connectivity index (χ0n) is 10.7. The van der Waals surface area contributed by atoms with Gasteiger partial charge in [-0.2, -0.15) is 5.26 Å². The number of carbonyl (C=O) groups is 1. The number of nitrogens with zero attached hydrogens (tertiary/aromatic N) is 3. The zero-order valence-corrected chi connectivity index (χ0v) is 10.7. The number of nitro benzene ring substituents is 1. The van der Waals surface area contributed by atoms with E-state index in [4.69, 9.17) is 10.4 Å². The average Bonchev–Trinajstić information content (AvgIpc) is 3.23. The highest BCUT2D eigenvalue weighted by molar-refractivity contribution is 5.90. The summed E-state index contributed by atoms with van der Waals surface area (Å²) in [7, 11) is 0. The number of benzene rings is 1. The fourth-order valence-corrected chi connectivity index (χ4v) is 2.10. The van der Waals surface area contributed by atoms with E-state index in [2.05, 4.69) is 0 Å². The van der Waals surface area contributed by atoms with E-state index >= 15 is 0 Å². The highest BCUT2D eigenvalue weighted by Crippen LogP contribution is 2.37. The molecule has 7 nitrogen and oxygen atoms in total. The Morgan fingerprint density at radius 3 is 2.75 bits per heavy atom. The van der Waals surface area contributed by atoms with Crippen LogP contribution >= 0.6 is 0 Å². The average molecular weight is 275 g/mol. The van der Waals surface area contributed by atoms with Crippen LogP contribution in [-0.2, 0) is 0 Å². The molecule has 0 heterocycles. The molecular weight excluding hydrogens is 262 g/mol. The predicted octanol–water partition coefficient (Wildman–Crippen LogP) is 2.18. The molecule has 1 aliphatic carbocycles. The maximum absolute atomic E-state index is 11.1. The molecule has 1 aliphatic rings. The summed E-state index contributed by atoms with van der Waals surface area (Å²) in [6.07, 6.45) is 2.14. The summed E-state index contributed by atoms with van der Waals surface area (Å²) in [6.45, 7) is 0.411. The van der Waals surface area contributed by atoms with Crippen LogP contribution < -0.4 is 4.90 Å². The standard InChI is InChI=1S/C13H13N3O4/c14-6-1-7-15(10-3-4-10)11-5-2-9(13(17)18)8-12(11)16(19)20/h2,5,8,10H,1,3-4,7H2,(H,17,18). The minimum atomic E-state index is -1.20. The molecule has 1 fully saturated rings. The van der Waals surface area contributed by atoms with Crippen molar-refractivity contribution in [3.8, 4) is 6.07 Å². The van der Waals surface area contributed by atoms with Crippen molar-refractivity contribution in [3.63, 3.8) is 0 Å². The third-order valence-electron chi connectivity index (χ3n) is 3.18. The Morgan fingerprint density at radius 2 is 2.25 bits per heavy atom. The summed E-state index contributed by atoms with van der Waals surface area (Å²) in [5.41, 5.74) is 0.0453. The van der Waals surface area contributed by atoms with Gasteiger partial charge in [-0.3, -0.25) is 10.1 Å². The first-order valence-electron chi connectivity index (χ1n) is 6.20. The van der Waals surface area contributed by atoms with Crippen molar-refractivity contribution in [2.45, 2.75) is 25.3 Å². The summed E-state index contributed by atoms with van der Waals surface area (Å²) >= 11 is 0. The number of anilines is 1. The molecule has 0 aromatic heterocycles. The summed E-state index contributed by atoms with van der Waals surface area (Å²) < 4.78 is 0. The second-order valence-electron chi connectivity index (χ2n) is 4.60. The van der Waals surface area contributed by atoms with E-state index in [-0.39, 0.29) is 23.7 Å². The van der Waals surface area contributed by atoms with E-state index < -0.39 is 10.9 Å². The highest BCUT2D eigenvalue weighted by atomic mass is 16.6. The molecule has 0 spiro atoms. The van der Waals surface area contributed by atoms with Gasteiger partial charge in [0.05, 0.1) is 23.0 Å². The lowest BCUT2D eigenvalue weighted by molar-refractivity contribution is -0.384. The van der Waals surface area contributed by atoms with Gasteiger partial charge in [0.2, 0.25) is 0 Å². The molecule has 0 aliphatic heterocycles. The maximum Gasteiger partial charge on any atom is 0.335 e. The van der Waals surface area contributed by atoms with Crippen molar-refractivity contribution < 1.29 is 14.8 Å². The third-order valence-corrected chi connectivity index (χ3v) is 3.18. The Balaban J connectivity index is 2.40. The Hall–Kier alpha value is -2.62. The molecule has 7 heteroatoms. The number of hydrogen-bond donors (Lipinski definition) is 1. The molecular formula is C13H13N3O4. The lowest BCUT2D eigenvalue weighted by atomic mass is 10.1. The van der Waals surface area contributed by atoms with Gasteiger partial charge in [-0.15, -0.1) is 0 Å². The first kappa shape index (κ1) is 13.8. The Labute approximate surface area is 115 Å². The van der Waals surface area contributed by atoms with Crippen LogP contribution in [0.25, 0.3) is 0 Å². The zero-order chi connectivity index (χ0) is 14.7. The van der Waals surface area contributed by atoms with Crippen LogP contribution in [0.1, 0.15) is 29.6 Å². The number of nitro groups is 1. The quantitative estimate of drug-likeness (QED) is 0.629. The largest absolute Gasteiger partial charge is 0.478 e. The van der Waals surface area contributed by atoms with Gasteiger partial charge in [0.15, 0.2) is 0 Å². The number of aromatic carboxylic acids is 1. The smallest absolute Gasteiger partial charge is 0.335 e. The molecule has 1 aromatic carbocycles. The first-order valence-corrected chi connectivity index (χ1v) is 6.20. The van der Waals surface area contributed by atoms with Crippen molar-refractivity contribution >= 4 is 17.3 Å². The highest BCUT2D eigenvalue weighted by Gasteiger charge is 2.33. The number of hydrogen-bond acceptors (Lipinski definition) is 5. The summed E-state index contributed by atoms with van der Waals surface area (Å²) in [5, 5.41) is 28.7. The summed E-state index contributed by atoms with van der Waals surface area (Å²) in [6, 6.07) is 6.11.